The first-order valence-electron chi connectivity index (χ1n) is 8.67. The van der Waals surface area contributed by atoms with Crippen molar-refractivity contribution < 1.29 is 22.7 Å². The average molecular weight is 357 g/mol. The molecule has 2 fully saturated rings. The lowest BCUT2D eigenvalue weighted by atomic mass is 9.96. The first-order chi connectivity index (χ1) is 11.9. The number of aromatic nitrogens is 1. The van der Waals surface area contributed by atoms with Gasteiger partial charge in [-0.3, -0.25) is 0 Å². The Labute approximate surface area is 144 Å². The topological polar surface area (TPSA) is 54.5 Å². The van der Waals surface area contributed by atoms with Gasteiger partial charge in [0, 0.05) is 31.3 Å². The number of nitrogens with zero attached hydrogens (tertiary/aromatic N) is 2. The van der Waals surface area contributed by atoms with Gasteiger partial charge in [-0.1, -0.05) is 19.3 Å². The van der Waals surface area contributed by atoms with Crippen LogP contribution in [0.25, 0.3) is 0 Å². The van der Waals surface area contributed by atoms with Crippen LogP contribution in [0.2, 0.25) is 0 Å². The third kappa shape index (κ3) is 4.76. The molecule has 1 N–H and O–H groups in total. The molecule has 1 aliphatic carbocycles. The van der Waals surface area contributed by atoms with Crippen molar-refractivity contribution in [3.63, 3.8) is 0 Å². The van der Waals surface area contributed by atoms with Crippen molar-refractivity contribution in [1.82, 2.24) is 15.2 Å². The van der Waals surface area contributed by atoms with E-state index in [-0.39, 0.29) is 24.1 Å². The molecule has 1 saturated heterocycles. The number of halogens is 3. The number of pyridine rings is 1. The van der Waals surface area contributed by atoms with Crippen LogP contribution in [0.15, 0.2) is 18.3 Å². The van der Waals surface area contributed by atoms with Crippen LogP contribution in [0.5, 0.6) is 5.88 Å². The predicted molar refractivity (Wildman–Crippen MR) is 85.2 cm³/mol. The summed E-state index contributed by atoms with van der Waals surface area (Å²) in [7, 11) is 0. The maximum absolute atomic E-state index is 12.7. The summed E-state index contributed by atoms with van der Waals surface area (Å²) < 4.78 is 43.7. The Morgan fingerprint density at radius 2 is 2.00 bits per heavy atom. The Morgan fingerprint density at radius 3 is 2.72 bits per heavy atom. The van der Waals surface area contributed by atoms with Gasteiger partial charge in [0.05, 0.1) is 12.1 Å². The smallest absolute Gasteiger partial charge is 0.416 e. The number of rotatable bonds is 3. The second-order valence-corrected chi connectivity index (χ2v) is 6.64. The van der Waals surface area contributed by atoms with Crippen molar-refractivity contribution in [2.24, 2.45) is 0 Å². The second-order valence-electron chi connectivity index (χ2n) is 6.64. The Morgan fingerprint density at radius 1 is 1.24 bits per heavy atom. The molecular formula is C17H22F3N3O2. The number of nitrogens with one attached hydrogen (secondary N) is 1. The molecule has 2 heterocycles. The van der Waals surface area contributed by atoms with E-state index in [1.54, 1.807) is 4.90 Å². The molecule has 1 aromatic heterocycles. The number of amides is 2. The van der Waals surface area contributed by atoms with Crippen molar-refractivity contribution in [1.29, 1.82) is 0 Å². The zero-order valence-corrected chi connectivity index (χ0v) is 13.9. The zero-order chi connectivity index (χ0) is 17.9. The first kappa shape index (κ1) is 17.8. The van der Waals surface area contributed by atoms with Gasteiger partial charge in [0.2, 0.25) is 5.88 Å². The highest BCUT2D eigenvalue weighted by Crippen LogP contribution is 2.31. The number of carbonyl (C=O) groups excluding carboxylic acids is 1. The molecule has 8 heteroatoms. The molecule has 5 nitrogen and oxygen atoms in total. The average Bonchev–Trinajstić information content (AvgIpc) is 3.04. The standard InChI is InChI=1S/C17H22F3N3O2/c18-17(19,20)12-6-8-21-15(10-12)25-14-7-9-23(11-14)16(24)22-13-4-2-1-3-5-13/h6,8,10,13-14H,1-5,7,9,11H2,(H,22,24). The second kappa shape index (κ2) is 7.49. The van der Waals surface area contributed by atoms with E-state index in [0.717, 1.165) is 44.0 Å². The third-order valence-corrected chi connectivity index (χ3v) is 4.71. The highest BCUT2D eigenvalue weighted by molar-refractivity contribution is 5.74. The predicted octanol–water partition coefficient (Wildman–Crippen LogP) is 3.60. The summed E-state index contributed by atoms with van der Waals surface area (Å²) in [6, 6.07) is 1.91. The summed E-state index contributed by atoms with van der Waals surface area (Å²) in [6.45, 7) is 0.888. The van der Waals surface area contributed by atoms with Crippen LogP contribution >= 0.6 is 0 Å². The van der Waals surface area contributed by atoms with E-state index in [0.29, 0.717) is 19.5 Å². The minimum Gasteiger partial charge on any atom is -0.472 e. The lowest BCUT2D eigenvalue weighted by molar-refractivity contribution is -0.137. The Hall–Kier alpha value is -1.99. The molecule has 0 radical (unpaired) electrons. The van der Waals surface area contributed by atoms with Gasteiger partial charge in [-0.2, -0.15) is 13.2 Å². The molecule has 1 atom stereocenters. The molecule has 1 saturated carbocycles. The molecule has 3 rings (SSSR count). The summed E-state index contributed by atoms with van der Waals surface area (Å²) >= 11 is 0. The Bertz CT molecular complexity index is 603. The fraction of sp³-hybridized carbons (Fsp3) is 0.647. The summed E-state index contributed by atoms with van der Waals surface area (Å²) in [5.41, 5.74) is -0.789. The number of likely N-dealkylation sites (tertiary alicyclic amines) is 1. The summed E-state index contributed by atoms with van der Waals surface area (Å²) in [5.74, 6) is -0.0608. The molecule has 2 aliphatic rings. The molecule has 138 valence electrons. The van der Waals surface area contributed by atoms with E-state index in [1.165, 1.54) is 6.42 Å². The quantitative estimate of drug-likeness (QED) is 0.899. The molecule has 0 aromatic carbocycles. The fourth-order valence-electron chi connectivity index (χ4n) is 3.34. The van der Waals surface area contributed by atoms with Crippen LogP contribution in [-0.4, -0.2) is 41.2 Å². The summed E-state index contributed by atoms with van der Waals surface area (Å²) in [5, 5.41) is 3.04. The van der Waals surface area contributed by atoms with E-state index < -0.39 is 11.7 Å². The van der Waals surface area contributed by atoms with Crippen LogP contribution in [0, 0.1) is 0 Å². The van der Waals surface area contributed by atoms with Gasteiger partial charge in [-0.25, -0.2) is 9.78 Å². The molecule has 1 aromatic rings. The van der Waals surface area contributed by atoms with Gasteiger partial charge in [-0.15, -0.1) is 0 Å². The molecular weight excluding hydrogens is 335 g/mol. The highest BCUT2D eigenvalue weighted by Gasteiger charge is 2.32. The number of hydrogen-bond donors (Lipinski definition) is 1. The lowest BCUT2D eigenvalue weighted by Gasteiger charge is -2.26. The van der Waals surface area contributed by atoms with Crippen LogP contribution in [0.1, 0.15) is 44.1 Å². The van der Waals surface area contributed by atoms with E-state index in [9.17, 15) is 18.0 Å². The molecule has 25 heavy (non-hydrogen) atoms. The van der Waals surface area contributed by atoms with Crippen LogP contribution < -0.4 is 10.1 Å². The summed E-state index contributed by atoms with van der Waals surface area (Å²) in [4.78, 5) is 17.8. The van der Waals surface area contributed by atoms with Crippen LogP contribution in [0.4, 0.5) is 18.0 Å². The third-order valence-electron chi connectivity index (χ3n) is 4.71. The minimum absolute atomic E-state index is 0.0608. The SMILES string of the molecule is O=C(NC1CCCCC1)N1CCC(Oc2cc(C(F)(F)F)ccn2)C1. The maximum Gasteiger partial charge on any atom is 0.416 e. The maximum atomic E-state index is 12.7. The lowest BCUT2D eigenvalue weighted by Crippen LogP contribution is -2.45. The van der Waals surface area contributed by atoms with Crippen molar-refractivity contribution in [3.8, 4) is 5.88 Å². The minimum atomic E-state index is -4.43. The normalized spacial score (nSPS) is 22.0. The van der Waals surface area contributed by atoms with E-state index in [4.69, 9.17) is 4.74 Å². The van der Waals surface area contributed by atoms with Gasteiger partial charge in [-0.05, 0) is 18.9 Å². The fourth-order valence-corrected chi connectivity index (χ4v) is 3.34. The zero-order valence-electron chi connectivity index (χ0n) is 13.9. The van der Waals surface area contributed by atoms with Gasteiger partial charge in [0.1, 0.15) is 6.10 Å². The van der Waals surface area contributed by atoms with Gasteiger partial charge in [0.25, 0.3) is 0 Å². The molecule has 2 amide bonds. The Balaban J connectivity index is 1.52. The van der Waals surface area contributed by atoms with Crippen molar-refractivity contribution in [3.05, 3.63) is 23.9 Å². The van der Waals surface area contributed by atoms with Crippen molar-refractivity contribution in [2.45, 2.75) is 56.8 Å². The number of alkyl halides is 3. The number of ether oxygens (including phenoxy) is 1. The molecule has 0 bridgehead atoms. The number of hydrogen-bond acceptors (Lipinski definition) is 3. The Kier molecular flexibility index (Phi) is 5.34. The van der Waals surface area contributed by atoms with E-state index in [2.05, 4.69) is 10.3 Å². The van der Waals surface area contributed by atoms with Crippen LogP contribution in [-0.2, 0) is 6.18 Å². The van der Waals surface area contributed by atoms with Gasteiger partial charge < -0.3 is 15.0 Å². The largest absolute Gasteiger partial charge is 0.472 e. The number of urea groups is 1. The van der Waals surface area contributed by atoms with Gasteiger partial charge in [0.15, 0.2) is 0 Å². The molecule has 1 aliphatic heterocycles. The van der Waals surface area contributed by atoms with Crippen LogP contribution in [0.3, 0.4) is 0 Å². The summed E-state index contributed by atoms with van der Waals surface area (Å²) in [6.07, 6.45) is 2.40. The van der Waals surface area contributed by atoms with E-state index in [1.807, 2.05) is 0 Å². The number of carbonyl (C=O) groups is 1. The first-order valence-corrected chi connectivity index (χ1v) is 8.67. The van der Waals surface area contributed by atoms with Gasteiger partial charge >= 0.3 is 12.2 Å². The highest BCUT2D eigenvalue weighted by atomic mass is 19.4. The molecule has 0 spiro atoms. The van der Waals surface area contributed by atoms with Crippen molar-refractivity contribution >= 4 is 6.03 Å². The monoisotopic (exact) mass is 357 g/mol. The molecule has 1 unspecified atom stereocenters. The van der Waals surface area contributed by atoms with Crippen molar-refractivity contribution in [2.75, 3.05) is 13.1 Å². The van der Waals surface area contributed by atoms with E-state index >= 15 is 0 Å².